The van der Waals surface area contributed by atoms with E-state index in [9.17, 15) is 4.39 Å². The van der Waals surface area contributed by atoms with Crippen LogP contribution in [-0.4, -0.2) is 16.4 Å². The smallest absolute Gasteiger partial charge is 0.195 e. The Balaban J connectivity index is 2.10. The number of benzene rings is 1. The molecular weight excluding hydrogens is 329 g/mol. The Morgan fingerprint density at radius 2 is 2.32 bits per heavy atom. The molecule has 3 aromatic rings. The second kappa shape index (κ2) is 4.94. The standard InChI is InChI=1S/C13H11BrFN3S/c1-17(10-4-2-3-9(15)7-10)12-11(8-14)18-5-6-19-13(18)16-12/h2-7H,8H2,1H3. The number of thiazole rings is 1. The van der Waals surface area contributed by atoms with Crippen LogP contribution in [0.3, 0.4) is 0 Å². The van der Waals surface area contributed by atoms with Gasteiger partial charge in [-0.1, -0.05) is 22.0 Å². The van der Waals surface area contributed by atoms with Gasteiger partial charge in [0.2, 0.25) is 0 Å². The lowest BCUT2D eigenvalue weighted by atomic mass is 10.3. The number of halogens is 2. The second-order valence-electron chi connectivity index (χ2n) is 4.11. The highest BCUT2D eigenvalue weighted by atomic mass is 79.9. The average molecular weight is 340 g/mol. The first kappa shape index (κ1) is 12.6. The largest absolute Gasteiger partial charge is 0.328 e. The SMILES string of the molecule is CN(c1cccc(F)c1)c1nc2sccn2c1CBr. The monoisotopic (exact) mass is 339 g/mol. The molecule has 3 rings (SSSR count). The van der Waals surface area contributed by atoms with E-state index in [1.165, 1.54) is 12.1 Å². The molecule has 2 heterocycles. The van der Waals surface area contributed by atoms with Gasteiger partial charge in [-0.15, -0.1) is 11.3 Å². The summed E-state index contributed by atoms with van der Waals surface area (Å²) in [6.07, 6.45) is 1.99. The fraction of sp³-hybridized carbons (Fsp3) is 0.154. The Bertz CT molecular complexity index is 722. The number of aromatic nitrogens is 2. The maximum atomic E-state index is 13.3. The van der Waals surface area contributed by atoms with Gasteiger partial charge in [-0.25, -0.2) is 9.37 Å². The molecule has 0 aliphatic heterocycles. The highest BCUT2D eigenvalue weighted by Crippen LogP contribution is 2.30. The fourth-order valence-corrected chi connectivity index (χ4v) is 3.27. The third-order valence-corrected chi connectivity index (χ3v) is 4.27. The Morgan fingerprint density at radius 3 is 3.05 bits per heavy atom. The summed E-state index contributed by atoms with van der Waals surface area (Å²) < 4.78 is 15.4. The number of alkyl halides is 1. The molecule has 0 fully saturated rings. The molecule has 19 heavy (non-hydrogen) atoms. The van der Waals surface area contributed by atoms with Gasteiger partial charge in [-0.05, 0) is 18.2 Å². The Labute approximate surface area is 122 Å². The average Bonchev–Trinajstić information content (AvgIpc) is 2.97. The van der Waals surface area contributed by atoms with Crippen LogP contribution in [0.1, 0.15) is 5.69 Å². The lowest BCUT2D eigenvalue weighted by Crippen LogP contribution is -2.12. The van der Waals surface area contributed by atoms with E-state index in [0.29, 0.717) is 5.33 Å². The van der Waals surface area contributed by atoms with E-state index in [1.807, 2.05) is 34.0 Å². The molecule has 0 bridgehead atoms. The summed E-state index contributed by atoms with van der Waals surface area (Å²) in [5.74, 6) is 0.597. The second-order valence-corrected chi connectivity index (χ2v) is 5.54. The van der Waals surface area contributed by atoms with Gasteiger partial charge in [0.1, 0.15) is 5.82 Å². The van der Waals surface area contributed by atoms with E-state index in [0.717, 1.165) is 22.2 Å². The topological polar surface area (TPSA) is 20.5 Å². The van der Waals surface area contributed by atoms with E-state index < -0.39 is 0 Å². The maximum Gasteiger partial charge on any atom is 0.195 e. The zero-order valence-corrected chi connectivity index (χ0v) is 12.6. The minimum atomic E-state index is -0.245. The Kier molecular flexibility index (Phi) is 3.28. The summed E-state index contributed by atoms with van der Waals surface area (Å²) in [7, 11) is 1.90. The molecule has 0 aliphatic carbocycles. The third kappa shape index (κ3) is 2.15. The fourth-order valence-electron chi connectivity index (χ4n) is 2.02. The quantitative estimate of drug-likeness (QED) is 0.666. The number of fused-ring (bicyclic) bond motifs is 1. The predicted octanol–water partition coefficient (Wildman–Crippen LogP) is 4.20. The number of hydrogen-bond acceptors (Lipinski definition) is 3. The molecule has 3 nitrogen and oxygen atoms in total. The van der Waals surface area contributed by atoms with Crippen molar-refractivity contribution in [3.8, 4) is 0 Å². The minimum absolute atomic E-state index is 0.245. The molecule has 0 saturated carbocycles. The van der Waals surface area contributed by atoms with Gasteiger partial charge in [0.15, 0.2) is 10.8 Å². The molecule has 0 aliphatic rings. The molecular formula is C13H11BrFN3S. The van der Waals surface area contributed by atoms with Crippen LogP contribution in [0.15, 0.2) is 35.8 Å². The van der Waals surface area contributed by atoms with Gasteiger partial charge in [0.05, 0.1) is 5.69 Å². The molecule has 98 valence electrons. The highest BCUT2D eigenvalue weighted by Gasteiger charge is 2.16. The van der Waals surface area contributed by atoms with Gasteiger partial charge >= 0.3 is 0 Å². The van der Waals surface area contributed by atoms with Crippen LogP contribution in [0.25, 0.3) is 4.96 Å². The number of rotatable bonds is 3. The van der Waals surface area contributed by atoms with Crippen LogP contribution >= 0.6 is 27.3 Å². The third-order valence-electron chi connectivity index (χ3n) is 2.98. The molecule has 1 aromatic carbocycles. The van der Waals surface area contributed by atoms with E-state index in [-0.39, 0.29) is 5.82 Å². The summed E-state index contributed by atoms with van der Waals surface area (Å²) in [5, 5.41) is 2.69. The van der Waals surface area contributed by atoms with E-state index in [4.69, 9.17) is 0 Å². The summed E-state index contributed by atoms with van der Waals surface area (Å²) in [4.78, 5) is 7.44. The molecule has 0 saturated heterocycles. The van der Waals surface area contributed by atoms with E-state index in [1.54, 1.807) is 17.4 Å². The molecule has 0 radical (unpaired) electrons. The summed E-state index contributed by atoms with van der Waals surface area (Å²) in [5.41, 5.74) is 1.84. The number of nitrogens with zero attached hydrogens (tertiary/aromatic N) is 3. The predicted molar refractivity (Wildman–Crippen MR) is 80.2 cm³/mol. The van der Waals surface area contributed by atoms with Gasteiger partial charge in [0, 0.05) is 29.6 Å². The van der Waals surface area contributed by atoms with Crippen LogP contribution in [0.4, 0.5) is 15.9 Å². The highest BCUT2D eigenvalue weighted by molar-refractivity contribution is 9.08. The molecule has 0 amide bonds. The van der Waals surface area contributed by atoms with Crippen molar-refractivity contribution in [1.82, 2.24) is 9.38 Å². The van der Waals surface area contributed by atoms with Gasteiger partial charge in [0.25, 0.3) is 0 Å². The van der Waals surface area contributed by atoms with Crippen molar-refractivity contribution in [3.63, 3.8) is 0 Å². The lowest BCUT2D eigenvalue weighted by molar-refractivity contribution is 0.628. The number of anilines is 2. The maximum absolute atomic E-state index is 13.3. The van der Waals surface area contributed by atoms with Gasteiger partial charge in [-0.3, -0.25) is 4.40 Å². The van der Waals surface area contributed by atoms with Gasteiger partial charge in [-0.2, -0.15) is 0 Å². The van der Waals surface area contributed by atoms with Crippen LogP contribution in [0.5, 0.6) is 0 Å². The van der Waals surface area contributed by atoms with Crippen LogP contribution in [0, 0.1) is 5.82 Å². The summed E-state index contributed by atoms with van der Waals surface area (Å²) >= 11 is 5.08. The molecule has 0 unspecified atom stereocenters. The Morgan fingerprint density at radius 1 is 1.47 bits per heavy atom. The Hall–Kier alpha value is -1.40. The van der Waals surface area contributed by atoms with E-state index in [2.05, 4.69) is 20.9 Å². The van der Waals surface area contributed by atoms with Crippen molar-refractivity contribution >= 4 is 43.7 Å². The normalized spacial score (nSPS) is 11.1. The first-order valence-corrected chi connectivity index (χ1v) is 7.70. The molecule has 0 N–H and O–H groups in total. The minimum Gasteiger partial charge on any atom is -0.328 e. The summed E-state index contributed by atoms with van der Waals surface area (Å²) in [6.45, 7) is 0. The van der Waals surface area contributed by atoms with Gasteiger partial charge < -0.3 is 4.90 Å². The first-order valence-electron chi connectivity index (χ1n) is 5.70. The van der Waals surface area contributed by atoms with Crippen LogP contribution in [0.2, 0.25) is 0 Å². The van der Waals surface area contributed by atoms with Crippen LogP contribution in [-0.2, 0) is 5.33 Å². The van der Waals surface area contributed by atoms with Crippen molar-refractivity contribution in [1.29, 1.82) is 0 Å². The van der Waals surface area contributed by atoms with Crippen molar-refractivity contribution in [2.24, 2.45) is 0 Å². The van der Waals surface area contributed by atoms with Crippen molar-refractivity contribution < 1.29 is 4.39 Å². The van der Waals surface area contributed by atoms with Crippen molar-refractivity contribution in [2.75, 3.05) is 11.9 Å². The zero-order chi connectivity index (χ0) is 13.4. The summed E-state index contributed by atoms with van der Waals surface area (Å²) in [6, 6.07) is 6.52. The molecule has 0 atom stereocenters. The van der Waals surface area contributed by atoms with Crippen molar-refractivity contribution in [2.45, 2.75) is 5.33 Å². The number of hydrogen-bond donors (Lipinski definition) is 0. The molecule has 2 aromatic heterocycles. The number of imidazole rings is 1. The van der Waals surface area contributed by atoms with Crippen molar-refractivity contribution in [3.05, 3.63) is 47.4 Å². The molecule has 6 heteroatoms. The zero-order valence-electron chi connectivity index (χ0n) is 10.2. The first-order chi connectivity index (χ1) is 9.20. The van der Waals surface area contributed by atoms with E-state index >= 15 is 0 Å². The molecule has 0 spiro atoms. The van der Waals surface area contributed by atoms with Crippen LogP contribution < -0.4 is 4.90 Å². The lowest BCUT2D eigenvalue weighted by Gasteiger charge is -2.18.